The van der Waals surface area contributed by atoms with Crippen LogP contribution in [0.15, 0.2) is 53.5 Å². The van der Waals surface area contributed by atoms with Crippen LogP contribution >= 0.6 is 24.0 Å². The Balaban J connectivity index is 0.00000385. The second kappa shape index (κ2) is 14.2. The molecule has 2 aromatic carbocycles. The maximum atomic E-state index is 12.7. The predicted molar refractivity (Wildman–Crippen MR) is 138 cm³/mol. The Morgan fingerprint density at radius 3 is 2.67 bits per heavy atom. The zero-order valence-electron chi connectivity index (χ0n) is 19.1. The number of hydrogen-bond acceptors (Lipinski definition) is 4. The smallest absolute Gasteiger partial charge is 0.387 e. The second-order valence-electron chi connectivity index (χ2n) is 7.85. The van der Waals surface area contributed by atoms with E-state index in [1.807, 2.05) is 6.07 Å². The van der Waals surface area contributed by atoms with Crippen LogP contribution in [0.2, 0.25) is 0 Å². The van der Waals surface area contributed by atoms with Crippen LogP contribution in [0.3, 0.4) is 0 Å². The Morgan fingerprint density at radius 1 is 1.18 bits per heavy atom. The van der Waals surface area contributed by atoms with E-state index in [2.05, 4.69) is 49.5 Å². The lowest BCUT2D eigenvalue weighted by Crippen LogP contribution is -2.40. The summed E-state index contributed by atoms with van der Waals surface area (Å²) in [5.74, 6) is 1.86. The number of halogens is 3. The van der Waals surface area contributed by atoms with Gasteiger partial charge in [0.1, 0.15) is 11.5 Å². The van der Waals surface area contributed by atoms with Crippen LogP contribution in [0.5, 0.6) is 11.5 Å². The zero-order valence-corrected chi connectivity index (χ0v) is 21.4. The highest BCUT2D eigenvalue weighted by Gasteiger charge is 2.22. The fourth-order valence-electron chi connectivity index (χ4n) is 3.89. The number of methoxy groups -OCH3 is 1. The third-order valence-electron chi connectivity index (χ3n) is 5.64. The standard InChI is InChI=1S/C24H32F2N4O2.HI/c1-27-24(29-16-20-14-21(31-2)8-9-22(20)32-23(25)26)28-15-19-11-13-30(17-19)12-10-18-6-4-3-5-7-18;/h3-9,14,19,23H,10-13,15-17H2,1-2H3,(H2,27,28,29);1H. The Morgan fingerprint density at radius 2 is 1.97 bits per heavy atom. The molecule has 1 saturated heterocycles. The van der Waals surface area contributed by atoms with Gasteiger partial charge in [-0.15, -0.1) is 24.0 Å². The highest BCUT2D eigenvalue weighted by atomic mass is 127. The maximum absolute atomic E-state index is 12.7. The van der Waals surface area contributed by atoms with Crippen LogP contribution in [0.1, 0.15) is 17.5 Å². The lowest BCUT2D eigenvalue weighted by molar-refractivity contribution is -0.0505. The van der Waals surface area contributed by atoms with Gasteiger partial charge in [0.2, 0.25) is 0 Å². The van der Waals surface area contributed by atoms with Crippen molar-refractivity contribution in [3.63, 3.8) is 0 Å². The number of nitrogens with one attached hydrogen (secondary N) is 2. The van der Waals surface area contributed by atoms with Gasteiger partial charge in [-0.25, -0.2) is 0 Å². The van der Waals surface area contributed by atoms with Crippen LogP contribution in [0, 0.1) is 5.92 Å². The molecule has 0 saturated carbocycles. The molecule has 9 heteroatoms. The summed E-state index contributed by atoms with van der Waals surface area (Å²) in [4.78, 5) is 6.75. The first-order chi connectivity index (χ1) is 15.6. The molecule has 33 heavy (non-hydrogen) atoms. The Kier molecular flexibility index (Phi) is 11.7. The second-order valence-corrected chi connectivity index (χ2v) is 7.85. The lowest BCUT2D eigenvalue weighted by Gasteiger charge is -2.18. The molecule has 0 aromatic heterocycles. The van der Waals surface area contributed by atoms with Crippen molar-refractivity contribution >= 4 is 29.9 Å². The summed E-state index contributed by atoms with van der Waals surface area (Å²) in [5.41, 5.74) is 1.94. The van der Waals surface area contributed by atoms with Crippen molar-refractivity contribution in [3.05, 3.63) is 59.7 Å². The summed E-state index contributed by atoms with van der Waals surface area (Å²) < 4.78 is 35.2. The number of likely N-dealkylation sites (tertiary alicyclic amines) is 1. The van der Waals surface area contributed by atoms with Crippen LogP contribution in [0.25, 0.3) is 0 Å². The fraction of sp³-hybridized carbons (Fsp3) is 0.458. The quantitative estimate of drug-likeness (QED) is 0.254. The van der Waals surface area contributed by atoms with Crippen LogP contribution in [-0.4, -0.2) is 57.8 Å². The number of nitrogens with zero attached hydrogens (tertiary/aromatic N) is 2. The van der Waals surface area contributed by atoms with Gasteiger partial charge in [0, 0.05) is 38.8 Å². The van der Waals surface area contributed by atoms with E-state index >= 15 is 0 Å². The van der Waals surface area contributed by atoms with E-state index in [1.54, 1.807) is 19.2 Å². The van der Waals surface area contributed by atoms with Crippen molar-refractivity contribution in [3.8, 4) is 11.5 Å². The molecule has 0 spiro atoms. The van der Waals surface area contributed by atoms with E-state index in [-0.39, 0.29) is 36.3 Å². The summed E-state index contributed by atoms with van der Waals surface area (Å²) in [6, 6.07) is 15.3. The predicted octanol–water partition coefficient (Wildman–Crippen LogP) is 4.14. The number of aliphatic imine (C=N–C) groups is 1. The minimum absolute atomic E-state index is 0. The average Bonchev–Trinajstić information content (AvgIpc) is 3.27. The number of hydrogen-bond donors (Lipinski definition) is 2. The number of benzene rings is 2. The van der Waals surface area contributed by atoms with Gasteiger partial charge in [0.25, 0.3) is 0 Å². The van der Waals surface area contributed by atoms with Gasteiger partial charge >= 0.3 is 6.61 Å². The average molecular weight is 574 g/mol. The lowest BCUT2D eigenvalue weighted by atomic mass is 10.1. The topological polar surface area (TPSA) is 58.1 Å². The summed E-state index contributed by atoms with van der Waals surface area (Å²) in [5, 5.41) is 6.53. The van der Waals surface area contributed by atoms with Gasteiger partial charge < -0.3 is 25.0 Å². The van der Waals surface area contributed by atoms with Crippen molar-refractivity contribution < 1.29 is 18.3 Å². The van der Waals surface area contributed by atoms with Crippen molar-refractivity contribution in [1.82, 2.24) is 15.5 Å². The zero-order chi connectivity index (χ0) is 22.8. The summed E-state index contributed by atoms with van der Waals surface area (Å²) in [6.07, 6.45) is 2.20. The number of ether oxygens (including phenoxy) is 2. The molecule has 0 radical (unpaired) electrons. The highest BCUT2D eigenvalue weighted by Crippen LogP contribution is 2.25. The van der Waals surface area contributed by atoms with E-state index in [4.69, 9.17) is 4.74 Å². The van der Waals surface area contributed by atoms with Gasteiger partial charge in [0.05, 0.1) is 7.11 Å². The molecule has 6 nitrogen and oxygen atoms in total. The third-order valence-corrected chi connectivity index (χ3v) is 5.64. The van der Waals surface area contributed by atoms with Crippen LogP contribution in [0.4, 0.5) is 8.78 Å². The summed E-state index contributed by atoms with van der Waals surface area (Å²) in [7, 11) is 3.23. The normalized spacial score (nSPS) is 16.4. The molecular formula is C24H33F2IN4O2. The van der Waals surface area contributed by atoms with Gasteiger partial charge in [0.15, 0.2) is 5.96 Å². The minimum atomic E-state index is -2.88. The molecule has 1 atom stereocenters. The fourth-order valence-corrected chi connectivity index (χ4v) is 3.89. The molecular weight excluding hydrogens is 541 g/mol. The minimum Gasteiger partial charge on any atom is -0.497 e. The van der Waals surface area contributed by atoms with E-state index < -0.39 is 6.61 Å². The molecule has 0 aliphatic carbocycles. The first-order valence-electron chi connectivity index (χ1n) is 10.9. The number of alkyl halides is 2. The first kappa shape index (κ1) is 27.1. The van der Waals surface area contributed by atoms with Crippen LogP contribution < -0.4 is 20.1 Å². The van der Waals surface area contributed by atoms with Crippen molar-refractivity contribution in [2.45, 2.75) is 26.0 Å². The SMILES string of the molecule is CN=C(NCc1cc(OC)ccc1OC(F)F)NCC1CCN(CCc2ccccc2)C1.I. The Bertz CT molecular complexity index is 871. The highest BCUT2D eigenvalue weighted by molar-refractivity contribution is 14.0. The molecule has 0 bridgehead atoms. The molecule has 2 N–H and O–H groups in total. The molecule has 1 heterocycles. The van der Waals surface area contributed by atoms with Gasteiger partial charge in [-0.3, -0.25) is 4.99 Å². The number of rotatable bonds is 10. The van der Waals surface area contributed by atoms with Gasteiger partial charge in [-0.2, -0.15) is 8.78 Å². The molecule has 1 unspecified atom stereocenters. The van der Waals surface area contributed by atoms with Gasteiger partial charge in [-0.1, -0.05) is 30.3 Å². The van der Waals surface area contributed by atoms with E-state index in [0.717, 1.165) is 39.0 Å². The van der Waals surface area contributed by atoms with E-state index in [0.29, 0.717) is 23.2 Å². The molecule has 3 rings (SSSR count). The van der Waals surface area contributed by atoms with Crippen molar-refractivity contribution in [2.75, 3.05) is 40.3 Å². The molecule has 1 aliphatic heterocycles. The van der Waals surface area contributed by atoms with Crippen LogP contribution in [-0.2, 0) is 13.0 Å². The molecule has 182 valence electrons. The molecule has 2 aromatic rings. The number of guanidine groups is 1. The maximum Gasteiger partial charge on any atom is 0.387 e. The monoisotopic (exact) mass is 574 g/mol. The third kappa shape index (κ3) is 8.96. The van der Waals surface area contributed by atoms with Crippen molar-refractivity contribution in [2.24, 2.45) is 10.9 Å². The van der Waals surface area contributed by atoms with E-state index in [9.17, 15) is 8.78 Å². The van der Waals surface area contributed by atoms with Crippen molar-refractivity contribution in [1.29, 1.82) is 0 Å². The Hall–Kier alpha value is -2.14. The molecule has 0 amide bonds. The molecule has 1 aliphatic rings. The largest absolute Gasteiger partial charge is 0.497 e. The van der Waals surface area contributed by atoms with Gasteiger partial charge in [-0.05, 0) is 49.1 Å². The summed E-state index contributed by atoms with van der Waals surface area (Å²) in [6.45, 7) is 1.43. The molecule has 1 fully saturated rings. The Labute approximate surface area is 211 Å². The first-order valence-corrected chi connectivity index (χ1v) is 10.9. The van der Waals surface area contributed by atoms with E-state index in [1.165, 1.54) is 18.7 Å². The summed E-state index contributed by atoms with van der Waals surface area (Å²) >= 11 is 0.